The number of pyridine rings is 1. The topological polar surface area (TPSA) is 48.5 Å². The van der Waals surface area contributed by atoms with Crippen molar-refractivity contribution in [2.45, 2.75) is 17.9 Å². The maximum Gasteiger partial charge on any atom is 0.253 e. The summed E-state index contributed by atoms with van der Waals surface area (Å²) in [5, 5.41) is 1.07. The van der Waals surface area contributed by atoms with E-state index in [9.17, 15) is 18.0 Å². The van der Waals surface area contributed by atoms with Crippen molar-refractivity contribution in [1.29, 1.82) is 0 Å². The number of fused-ring (bicyclic) bond motifs is 1. The maximum atomic E-state index is 14.2. The second kappa shape index (κ2) is 10.8. The van der Waals surface area contributed by atoms with E-state index in [0.717, 1.165) is 21.5 Å². The van der Waals surface area contributed by atoms with Gasteiger partial charge >= 0.3 is 0 Å². The minimum Gasteiger partial charge on any atom is -0.336 e. The molecule has 1 aromatic heterocycles. The number of aromatic nitrogens is 1. The van der Waals surface area contributed by atoms with Crippen molar-refractivity contribution in [3.05, 3.63) is 102 Å². The molecule has 1 atom stereocenters. The summed E-state index contributed by atoms with van der Waals surface area (Å²) in [5.74, 6) is -2.82. The van der Waals surface area contributed by atoms with E-state index in [4.69, 9.17) is 0 Å². The van der Waals surface area contributed by atoms with Gasteiger partial charge in [-0.3, -0.25) is 14.7 Å². The molecule has 5 nitrogen and oxygen atoms in total. The molecule has 2 heterocycles. The van der Waals surface area contributed by atoms with Crippen LogP contribution < -0.4 is 4.72 Å². The summed E-state index contributed by atoms with van der Waals surface area (Å²) in [6.45, 7) is 3.46. The number of halogens is 3. The number of amides is 1. The second-order valence-electron chi connectivity index (χ2n) is 8.90. The molecule has 37 heavy (non-hydrogen) atoms. The Bertz CT molecular complexity index is 1400. The number of rotatable bonds is 6. The molecule has 0 saturated carbocycles. The molecule has 4 aromatic rings. The van der Waals surface area contributed by atoms with Gasteiger partial charge in [0.15, 0.2) is 0 Å². The van der Waals surface area contributed by atoms with E-state index >= 15 is 0 Å². The zero-order valence-electron chi connectivity index (χ0n) is 20.1. The molecular formula is C28H25F3N4OS. The summed E-state index contributed by atoms with van der Waals surface area (Å²) >= 11 is 1.46. The van der Waals surface area contributed by atoms with Gasteiger partial charge in [0.25, 0.3) is 5.91 Å². The maximum absolute atomic E-state index is 14.2. The molecule has 1 unspecified atom stereocenters. The van der Waals surface area contributed by atoms with Crippen LogP contribution in [0, 0.1) is 17.5 Å². The number of piperazine rings is 1. The van der Waals surface area contributed by atoms with Crippen LogP contribution >= 0.6 is 11.9 Å². The van der Waals surface area contributed by atoms with Gasteiger partial charge in [-0.05, 0) is 55.3 Å². The first-order chi connectivity index (χ1) is 17.9. The second-order valence-corrected chi connectivity index (χ2v) is 9.75. The zero-order valence-corrected chi connectivity index (χ0v) is 20.9. The minimum absolute atomic E-state index is 0.0936. The molecular weight excluding hydrogens is 497 g/mol. The first kappa shape index (κ1) is 25.1. The van der Waals surface area contributed by atoms with Crippen LogP contribution in [0.1, 0.15) is 28.9 Å². The molecule has 1 N–H and O–H groups in total. The normalized spacial score (nSPS) is 15.1. The van der Waals surface area contributed by atoms with Crippen LogP contribution in [0.15, 0.2) is 77.8 Å². The molecule has 0 bridgehead atoms. The number of hydrogen-bond acceptors (Lipinski definition) is 5. The van der Waals surface area contributed by atoms with Crippen LogP contribution in [0.3, 0.4) is 0 Å². The Balaban J connectivity index is 1.18. The number of carbonyl (C=O) groups is 1. The molecule has 3 aromatic carbocycles. The minimum atomic E-state index is -0.938. The third-order valence-electron chi connectivity index (χ3n) is 6.62. The third-order valence-corrected chi connectivity index (χ3v) is 7.50. The molecule has 0 aliphatic carbocycles. The number of carbonyl (C=O) groups excluding carboxylic acids is 1. The summed E-state index contributed by atoms with van der Waals surface area (Å²) in [7, 11) is 0. The lowest BCUT2D eigenvalue weighted by Crippen LogP contribution is -2.49. The first-order valence-electron chi connectivity index (χ1n) is 11.9. The van der Waals surface area contributed by atoms with Crippen LogP contribution in [0.4, 0.5) is 18.9 Å². The Kier molecular flexibility index (Phi) is 7.34. The number of nitrogens with one attached hydrogen (secondary N) is 1. The summed E-state index contributed by atoms with van der Waals surface area (Å²) in [4.78, 5) is 22.1. The van der Waals surface area contributed by atoms with E-state index in [1.54, 1.807) is 30.2 Å². The molecule has 1 amide bonds. The van der Waals surface area contributed by atoms with Gasteiger partial charge in [-0.15, -0.1) is 0 Å². The van der Waals surface area contributed by atoms with E-state index in [1.165, 1.54) is 11.9 Å². The van der Waals surface area contributed by atoms with E-state index in [2.05, 4.69) is 9.71 Å². The fourth-order valence-electron chi connectivity index (χ4n) is 4.58. The van der Waals surface area contributed by atoms with E-state index in [-0.39, 0.29) is 11.5 Å². The largest absolute Gasteiger partial charge is 0.336 e. The quantitative estimate of drug-likeness (QED) is 0.302. The molecule has 0 radical (unpaired) electrons. The summed E-state index contributed by atoms with van der Waals surface area (Å²) < 4.78 is 45.0. The van der Waals surface area contributed by atoms with E-state index in [1.807, 2.05) is 47.4 Å². The molecule has 1 aliphatic rings. The summed E-state index contributed by atoms with van der Waals surface area (Å²) in [5.41, 5.74) is 2.20. The van der Waals surface area contributed by atoms with Crippen LogP contribution in [0.2, 0.25) is 0 Å². The van der Waals surface area contributed by atoms with Crippen molar-refractivity contribution >= 4 is 34.4 Å². The first-order valence-corrected chi connectivity index (χ1v) is 12.8. The van der Waals surface area contributed by atoms with Crippen molar-refractivity contribution in [1.82, 2.24) is 14.8 Å². The molecule has 9 heteroatoms. The highest BCUT2D eigenvalue weighted by Gasteiger charge is 2.28. The van der Waals surface area contributed by atoms with Crippen LogP contribution in [0.5, 0.6) is 0 Å². The Labute approximate surface area is 217 Å². The van der Waals surface area contributed by atoms with Gasteiger partial charge in [0.05, 0.1) is 10.4 Å². The zero-order chi connectivity index (χ0) is 25.9. The Morgan fingerprint density at radius 2 is 1.62 bits per heavy atom. The summed E-state index contributed by atoms with van der Waals surface area (Å²) in [6, 6.07) is 18.1. The fourth-order valence-corrected chi connectivity index (χ4v) is 5.36. The lowest BCUT2D eigenvalue weighted by atomic mass is 10.0. The lowest BCUT2D eigenvalue weighted by Gasteiger charge is -2.38. The fraction of sp³-hybridized carbons (Fsp3) is 0.214. The van der Waals surface area contributed by atoms with Crippen LogP contribution in [0.25, 0.3) is 10.9 Å². The van der Waals surface area contributed by atoms with E-state index < -0.39 is 23.5 Å². The van der Waals surface area contributed by atoms with Crippen molar-refractivity contribution in [2.24, 2.45) is 0 Å². The molecule has 5 rings (SSSR count). The predicted octanol–water partition coefficient (Wildman–Crippen LogP) is 6.29. The van der Waals surface area contributed by atoms with Gasteiger partial charge in [-0.2, -0.15) is 0 Å². The summed E-state index contributed by atoms with van der Waals surface area (Å²) in [6.07, 6.45) is 1.77. The van der Waals surface area contributed by atoms with Crippen molar-refractivity contribution in [2.75, 3.05) is 30.9 Å². The van der Waals surface area contributed by atoms with Crippen molar-refractivity contribution in [3.8, 4) is 0 Å². The predicted molar refractivity (Wildman–Crippen MR) is 140 cm³/mol. The number of hydrogen-bond donors (Lipinski definition) is 1. The molecule has 1 fully saturated rings. The molecule has 190 valence electrons. The average Bonchev–Trinajstić information content (AvgIpc) is 2.91. The van der Waals surface area contributed by atoms with Crippen LogP contribution in [-0.2, 0) is 0 Å². The SMILES string of the molecule is CC(c1c(F)cc(F)cc1F)N1CCN(C(=O)c2ccc(NSc3cccc4cccnc34)cc2)CC1. The molecule has 1 aliphatic heterocycles. The number of anilines is 1. The third kappa shape index (κ3) is 5.42. The molecule has 1 saturated heterocycles. The highest BCUT2D eigenvalue weighted by Crippen LogP contribution is 2.29. The van der Waals surface area contributed by atoms with Gasteiger partial charge in [-0.25, -0.2) is 13.2 Å². The van der Waals surface area contributed by atoms with Gasteiger partial charge < -0.3 is 9.62 Å². The van der Waals surface area contributed by atoms with Crippen molar-refractivity contribution in [3.63, 3.8) is 0 Å². The van der Waals surface area contributed by atoms with Crippen LogP contribution in [-0.4, -0.2) is 46.9 Å². The van der Waals surface area contributed by atoms with Crippen molar-refractivity contribution < 1.29 is 18.0 Å². The monoisotopic (exact) mass is 522 g/mol. The van der Waals surface area contributed by atoms with Gasteiger partial charge in [0.2, 0.25) is 0 Å². The smallest absolute Gasteiger partial charge is 0.253 e. The van der Waals surface area contributed by atoms with Gasteiger partial charge in [-0.1, -0.05) is 18.2 Å². The lowest BCUT2D eigenvalue weighted by molar-refractivity contribution is 0.0575. The Hall–Kier alpha value is -3.56. The number of nitrogens with zero attached hydrogens (tertiary/aromatic N) is 3. The standard InChI is InChI=1S/C28H25F3N4OS/c1-18(26-23(30)16-21(29)17-24(26)31)34-12-14-35(15-13-34)28(36)20-7-9-22(10-8-20)33-37-25-6-2-4-19-5-3-11-32-27(19)25/h2-11,16-18,33H,12-15H2,1H3. The number of para-hydroxylation sites is 1. The van der Waals surface area contributed by atoms with E-state index in [0.29, 0.717) is 43.9 Å². The number of benzene rings is 3. The van der Waals surface area contributed by atoms with Gasteiger partial charge in [0, 0.05) is 72.8 Å². The highest BCUT2D eigenvalue weighted by atomic mass is 32.2. The Morgan fingerprint density at radius 3 is 2.32 bits per heavy atom. The molecule has 0 spiro atoms. The highest BCUT2D eigenvalue weighted by molar-refractivity contribution is 8.00. The van der Waals surface area contributed by atoms with Gasteiger partial charge in [0.1, 0.15) is 17.5 Å². The Morgan fingerprint density at radius 1 is 0.946 bits per heavy atom. The average molecular weight is 523 g/mol.